The summed E-state index contributed by atoms with van der Waals surface area (Å²) in [5.74, 6) is -0.964. The van der Waals surface area contributed by atoms with Crippen molar-refractivity contribution in [2.24, 2.45) is 0 Å². The van der Waals surface area contributed by atoms with Gasteiger partial charge in [0, 0.05) is 0 Å². The molecule has 5 nitrogen and oxygen atoms in total. The van der Waals surface area contributed by atoms with Gasteiger partial charge in [-0.25, -0.2) is 0 Å². The zero-order chi connectivity index (χ0) is 11.7. The minimum Gasteiger partial charge on any atom is -0.504 e. The molecule has 1 aliphatic rings. The third kappa shape index (κ3) is 2.01. The fraction of sp³-hybridized carbons (Fsp3) is 0. The molecule has 1 saturated heterocycles. The normalized spacial score (nSPS) is 17.9. The summed E-state index contributed by atoms with van der Waals surface area (Å²) in [6.07, 6.45) is 1.46. The zero-order valence-corrected chi connectivity index (χ0v) is 8.75. The average molecular weight is 237 g/mol. The molecule has 0 atom stereocenters. The number of hydrogen-bond acceptors (Lipinski definition) is 5. The molecular formula is C10H7NO4S. The molecule has 0 spiro atoms. The lowest BCUT2D eigenvalue weighted by molar-refractivity contribution is -0.115. The highest BCUT2D eigenvalue weighted by atomic mass is 32.2. The molecule has 0 aromatic heterocycles. The van der Waals surface area contributed by atoms with E-state index in [9.17, 15) is 14.7 Å². The Morgan fingerprint density at radius 1 is 1.19 bits per heavy atom. The van der Waals surface area contributed by atoms with Crippen molar-refractivity contribution < 1.29 is 19.8 Å². The predicted molar refractivity (Wildman–Crippen MR) is 58.9 cm³/mol. The van der Waals surface area contributed by atoms with Crippen LogP contribution in [0.1, 0.15) is 5.56 Å². The summed E-state index contributed by atoms with van der Waals surface area (Å²) in [5, 5.41) is 20.0. The lowest BCUT2D eigenvalue weighted by atomic mass is 10.2. The Kier molecular flexibility index (Phi) is 2.57. The van der Waals surface area contributed by atoms with Crippen LogP contribution in [0.2, 0.25) is 0 Å². The van der Waals surface area contributed by atoms with E-state index in [1.54, 1.807) is 0 Å². The summed E-state index contributed by atoms with van der Waals surface area (Å²) in [5.41, 5.74) is 0.530. The number of thioether (sulfide) groups is 1. The molecule has 1 heterocycles. The van der Waals surface area contributed by atoms with E-state index >= 15 is 0 Å². The molecular weight excluding hydrogens is 230 g/mol. The third-order valence-corrected chi connectivity index (χ3v) is 2.75. The number of aromatic hydroxyl groups is 2. The summed E-state index contributed by atoms with van der Waals surface area (Å²) in [6.45, 7) is 0. The molecule has 6 heteroatoms. The van der Waals surface area contributed by atoms with E-state index in [0.717, 1.165) is 11.8 Å². The number of benzene rings is 1. The van der Waals surface area contributed by atoms with Crippen LogP contribution in [0.4, 0.5) is 4.79 Å². The van der Waals surface area contributed by atoms with E-state index < -0.39 is 11.1 Å². The van der Waals surface area contributed by atoms with E-state index in [1.807, 2.05) is 0 Å². The Labute approximate surface area is 94.8 Å². The molecule has 1 fully saturated rings. The third-order valence-electron chi connectivity index (χ3n) is 1.94. The average Bonchev–Trinajstić information content (AvgIpc) is 2.51. The lowest BCUT2D eigenvalue weighted by Crippen LogP contribution is -2.17. The van der Waals surface area contributed by atoms with Gasteiger partial charge in [-0.2, -0.15) is 0 Å². The van der Waals surface area contributed by atoms with Crippen molar-refractivity contribution in [1.29, 1.82) is 0 Å². The smallest absolute Gasteiger partial charge is 0.290 e. The Bertz CT molecular complexity index is 510. The van der Waals surface area contributed by atoms with Crippen LogP contribution in [0, 0.1) is 0 Å². The first-order valence-electron chi connectivity index (χ1n) is 4.33. The maximum absolute atomic E-state index is 11.2. The highest BCUT2D eigenvalue weighted by Crippen LogP contribution is 2.29. The predicted octanol–water partition coefficient (Wildman–Crippen LogP) is 1.42. The first-order valence-corrected chi connectivity index (χ1v) is 5.15. The standard InChI is InChI=1S/C10H7NO4S/c12-6-2-1-5(3-7(6)13)4-8-9(14)11-10(15)16-8/h1-4,12-13H,(H,11,14,15)/b8-4-. The van der Waals surface area contributed by atoms with Gasteiger partial charge < -0.3 is 10.2 Å². The monoisotopic (exact) mass is 237 g/mol. The van der Waals surface area contributed by atoms with Gasteiger partial charge in [0.15, 0.2) is 11.5 Å². The lowest BCUT2D eigenvalue weighted by Gasteiger charge is -1.99. The Balaban J connectivity index is 2.32. The van der Waals surface area contributed by atoms with Gasteiger partial charge in [0.2, 0.25) is 0 Å². The van der Waals surface area contributed by atoms with Gasteiger partial charge >= 0.3 is 0 Å². The van der Waals surface area contributed by atoms with Crippen LogP contribution in [0.5, 0.6) is 11.5 Å². The molecule has 0 bridgehead atoms. The SMILES string of the molecule is O=C1NC(=O)/C(=C/c2ccc(O)c(O)c2)S1. The molecule has 0 saturated carbocycles. The Morgan fingerprint density at radius 3 is 2.50 bits per heavy atom. The number of amides is 2. The number of rotatable bonds is 1. The summed E-state index contributed by atoms with van der Waals surface area (Å²) in [4.78, 5) is 22.3. The number of phenolic OH excluding ortho intramolecular Hbond substituents is 2. The fourth-order valence-electron chi connectivity index (χ4n) is 1.20. The van der Waals surface area contributed by atoms with Crippen LogP contribution < -0.4 is 5.32 Å². The molecule has 2 rings (SSSR count). The van der Waals surface area contributed by atoms with Crippen molar-refractivity contribution in [1.82, 2.24) is 5.32 Å². The molecule has 82 valence electrons. The van der Waals surface area contributed by atoms with E-state index in [2.05, 4.69) is 5.32 Å². The highest BCUT2D eigenvalue weighted by molar-refractivity contribution is 8.18. The number of imide groups is 1. The van der Waals surface area contributed by atoms with Crippen LogP contribution >= 0.6 is 11.8 Å². The second-order valence-electron chi connectivity index (χ2n) is 3.10. The van der Waals surface area contributed by atoms with Crippen LogP contribution in [0.25, 0.3) is 6.08 Å². The molecule has 1 aliphatic heterocycles. The van der Waals surface area contributed by atoms with Gasteiger partial charge in [-0.3, -0.25) is 14.9 Å². The molecule has 0 aliphatic carbocycles. The van der Waals surface area contributed by atoms with Gasteiger partial charge in [-0.1, -0.05) is 6.07 Å². The van der Waals surface area contributed by atoms with E-state index in [-0.39, 0.29) is 16.4 Å². The molecule has 0 radical (unpaired) electrons. The fourth-order valence-corrected chi connectivity index (χ4v) is 1.88. The van der Waals surface area contributed by atoms with Crippen molar-refractivity contribution in [2.75, 3.05) is 0 Å². The molecule has 0 unspecified atom stereocenters. The van der Waals surface area contributed by atoms with E-state index in [1.165, 1.54) is 24.3 Å². The Morgan fingerprint density at radius 2 is 1.94 bits per heavy atom. The van der Waals surface area contributed by atoms with Crippen LogP contribution in [0.15, 0.2) is 23.1 Å². The minimum atomic E-state index is -0.456. The number of carbonyl (C=O) groups is 2. The molecule has 1 aromatic carbocycles. The largest absolute Gasteiger partial charge is 0.504 e. The number of hydrogen-bond donors (Lipinski definition) is 3. The van der Waals surface area contributed by atoms with Crippen molar-refractivity contribution in [3.05, 3.63) is 28.7 Å². The van der Waals surface area contributed by atoms with E-state index in [4.69, 9.17) is 5.11 Å². The zero-order valence-electron chi connectivity index (χ0n) is 7.93. The van der Waals surface area contributed by atoms with Crippen molar-refractivity contribution >= 4 is 29.0 Å². The summed E-state index contributed by atoms with van der Waals surface area (Å²) < 4.78 is 0. The maximum Gasteiger partial charge on any atom is 0.290 e. The quantitative estimate of drug-likeness (QED) is 0.508. The first kappa shape index (κ1) is 10.6. The van der Waals surface area contributed by atoms with Gasteiger partial charge in [0.05, 0.1) is 4.91 Å². The molecule has 3 N–H and O–H groups in total. The van der Waals surface area contributed by atoms with Crippen LogP contribution in [0.3, 0.4) is 0 Å². The maximum atomic E-state index is 11.2. The van der Waals surface area contributed by atoms with Crippen molar-refractivity contribution in [3.8, 4) is 11.5 Å². The summed E-state index contributed by atoms with van der Waals surface area (Å²) in [6, 6.07) is 4.14. The van der Waals surface area contributed by atoms with Gasteiger partial charge in [-0.05, 0) is 35.5 Å². The molecule has 2 amide bonds. The molecule has 16 heavy (non-hydrogen) atoms. The molecule has 1 aromatic rings. The van der Waals surface area contributed by atoms with Gasteiger partial charge in [0.1, 0.15) is 0 Å². The second kappa shape index (κ2) is 3.90. The minimum absolute atomic E-state index is 0.234. The van der Waals surface area contributed by atoms with Crippen molar-refractivity contribution in [2.45, 2.75) is 0 Å². The number of nitrogens with one attached hydrogen (secondary N) is 1. The second-order valence-corrected chi connectivity index (χ2v) is 4.12. The van der Waals surface area contributed by atoms with E-state index in [0.29, 0.717) is 5.56 Å². The first-order chi connectivity index (χ1) is 7.56. The summed E-state index contributed by atoms with van der Waals surface area (Å²) in [7, 11) is 0. The topological polar surface area (TPSA) is 86.6 Å². The van der Waals surface area contributed by atoms with Gasteiger partial charge in [-0.15, -0.1) is 0 Å². The van der Waals surface area contributed by atoms with Crippen LogP contribution in [-0.4, -0.2) is 21.4 Å². The van der Waals surface area contributed by atoms with Gasteiger partial charge in [0.25, 0.3) is 11.1 Å². The van der Waals surface area contributed by atoms with Crippen LogP contribution in [-0.2, 0) is 4.79 Å². The summed E-state index contributed by atoms with van der Waals surface area (Å²) >= 11 is 0.796. The van der Waals surface area contributed by atoms with Crippen molar-refractivity contribution in [3.63, 3.8) is 0 Å². The highest BCUT2D eigenvalue weighted by Gasteiger charge is 2.24. The number of carbonyl (C=O) groups excluding carboxylic acids is 2. The Hall–Kier alpha value is -1.95. The number of phenols is 2.